The van der Waals surface area contributed by atoms with Crippen LogP contribution in [0.25, 0.3) is 6.08 Å². The molecule has 1 aliphatic heterocycles. The Morgan fingerprint density at radius 3 is 2.46 bits per heavy atom. The van der Waals surface area contributed by atoms with Gasteiger partial charge in [-0.15, -0.1) is 0 Å². The van der Waals surface area contributed by atoms with Crippen molar-refractivity contribution in [2.45, 2.75) is 33.4 Å². The minimum Gasteiger partial charge on any atom is -0.504 e. The molecule has 0 bridgehead atoms. The highest BCUT2D eigenvalue weighted by atomic mass is 32.1. The number of ether oxygens (including phenoxy) is 3. The molecule has 1 unspecified atom stereocenters. The van der Waals surface area contributed by atoms with Crippen molar-refractivity contribution in [2.75, 3.05) is 13.2 Å². The molecular formula is C32H30N2O6S. The molecule has 5 rings (SSSR count). The molecule has 4 aromatic rings. The van der Waals surface area contributed by atoms with Gasteiger partial charge in [0, 0.05) is 0 Å². The number of carbonyl (C=O) groups excluding carboxylic acids is 1. The van der Waals surface area contributed by atoms with E-state index in [2.05, 4.69) is 4.99 Å². The first-order chi connectivity index (χ1) is 19.9. The van der Waals surface area contributed by atoms with E-state index in [4.69, 9.17) is 14.2 Å². The molecule has 8 nitrogen and oxygen atoms in total. The second kappa shape index (κ2) is 12.3. The predicted octanol–water partition coefficient (Wildman–Crippen LogP) is 4.48. The minimum absolute atomic E-state index is 0.0234. The van der Waals surface area contributed by atoms with Gasteiger partial charge < -0.3 is 19.3 Å². The van der Waals surface area contributed by atoms with Crippen LogP contribution in [0.5, 0.6) is 17.2 Å². The van der Waals surface area contributed by atoms with Crippen LogP contribution < -0.4 is 24.4 Å². The average Bonchev–Trinajstić information content (AvgIpc) is 3.28. The molecule has 0 amide bonds. The van der Waals surface area contributed by atoms with Gasteiger partial charge in [0.05, 0.1) is 35.1 Å². The normalized spacial score (nSPS) is 14.8. The molecule has 3 aromatic carbocycles. The van der Waals surface area contributed by atoms with E-state index in [-0.39, 0.29) is 17.9 Å². The largest absolute Gasteiger partial charge is 0.504 e. The van der Waals surface area contributed by atoms with Crippen molar-refractivity contribution in [1.29, 1.82) is 0 Å². The average molecular weight is 571 g/mol. The van der Waals surface area contributed by atoms with Crippen LogP contribution in [0.4, 0.5) is 0 Å². The summed E-state index contributed by atoms with van der Waals surface area (Å²) in [4.78, 5) is 32.6. The number of hydrogen-bond donors (Lipinski definition) is 1. The van der Waals surface area contributed by atoms with Gasteiger partial charge in [0.1, 0.15) is 12.4 Å². The molecule has 0 saturated carbocycles. The number of aromatic nitrogens is 1. The third-order valence-electron chi connectivity index (χ3n) is 6.54. The van der Waals surface area contributed by atoms with Gasteiger partial charge in [0.25, 0.3) is 5.56 Å². The Hall–Kier alpha value is -4.63. The van der Waals surface area contributed by atoms with Crippen LogP contribution in [0.3, 0.4) is 0 Å². The SMILES string of the molecule is CCOc1ccc(C2C(C(=O)OCc3ccccc3)=C(C)N=c3sc(=Cc4ccc(O)c(OCC)c4)c(=O)n32)cc1. The third kappa shape index (κ3) is 5.95. The summed E-state index contributed by atoms with van der Waals surface area (Å²) in [5.74, 6) is 0.508. The highest BCUT2D eigenvalue weighted by molar-refractivity contribution is 7.07. The summed E-state index contributed by atoms with van der Waals surface area (Å²) in [5, 5.41) is 10.1. The lowest BCUT2D eigenvalue weighted by Gasteiger charge is -2.25. The molecular weight excluding hydrogens is 540 g/mol. The highest BCUT2D eigenvalue weighted by Crippen LogP contribution is 2.32. The van der Waals surface area contributed by atoms with Gasteiger partial charge >= 0.3 is 5.97 Å². The number of esters is 1. The topological polar surface area (TPSA) is 99.4 Å². The number of benzene rings is 3. The number of allylic oxidation sites excluding steroid dienone is 1. The Morgan fingerprint density at radius 1 is 1.02 bits per heavy atom. The first kappa shape index (κ1) is 27.9. The summed E-state index contributed by atoms with van der Waals surface area (Å²) in [7, 11) is 0. The Kier molecular flexibility index (Phi) is 8.35. The number of rotatable bonds is 9. The summed E-state index contributed by atoms with van der Waals surface area (Å²) in [5.41, 5.74) is 2.76. The quantitative estimate of drug-likeness (QED) is 0.298. The van der Waals surface area contributed by atoms with E-state index in [1.165, 1.54) is 17.4 Å². The summed E-state index contributed by atoms with van der Waals surface area (Å²) in [6.45, 7) is 6.50. The lowest BCUT2D eigenvalue weighted by atomic mass is 9.96. The van der Waals surface area contributed by atoms with Crippen LogP contribution in [-0.4, -0.2) is 28.9 Å². The number of phenolic OH excluding ortho intramolecular Hbond substituents is 1. The number of fused-ring (bicyclic) bond motifs is 1. The Labute approximate surface area is 241 Å². The number of phenols is 1. The fourth-order valence-electron chi connectivity index (χ4n) is 4.65. The first-order valence-corrected chi connectivity index (χ1v) is 14.1. The highest BCUT2D eigenvalue weighted by Gasteiger charge is 2.33. The van der Waals surface area contributed by atoms with E-state index in [0.29, 0.717) is 50.9 Å². The lowest BCUT2D eigenvalue weighted by molar-refractivity contribution is -0.140. The van der Waals surface area contributed by atoms with Gasteiger partial charge in [0.15, 0.2) is 16.3 Å². The van der Waals surface area contributed by atoms with Gasteiger partial charge in [-0.2, -0.15) is 0 Å². The third-order valence-corrected chi connectivity index (χ3v) is 7.53. The van der Waals surface area contributed by atoms with E-state index in [1.54, 1.807) is 29.7 Å². The van der Waals surface area contributed by atoms with Gasteiger partial charge in [0.2, 0.25) is 0 Å². The van der Waals surface area contributed by atoms with E-state index < -0.39 is 12.0 Å². The lowest BCUT2D eigenvalue weighted by Crippen LogP contribution is -2.39. The summed E-state index contributed by atoms with van der Waals surface area (Å²) < 4.78 is 18.8. The molecule has 9 heteroatoms. The maximum absolute atomic E-state index is 13.9. The molecule has 0 aliphatic carbocycles. The monoisotopic (exact) mass is 570 g/mol. The van der Waals surface area contributed by atoms with E-state index in [0.717, 1.165) is 11.1 Å². The van der Waals surface area contributed by atoms with Gasteiger partial charge in [-0.05, 0) is 67.8 Å². The molecule has 1 N–H and O–H groups in total. The number of aromatic hydroxyl groups is 1. The zero-order valence-corrected chi connectivity index (χ0v) is 23.8. The second-order valence-corrected chi connectivity index (χ2v) is 10.3. The number of nitrogens with zero attached hydrogens (tertiary/aromatic N) is 2. The first-order valence-electron chi connectivity index (χ1n) is 13.3. The summed E-state index contributed by atoms with van der Waals surface area (Å²) in [6, 6.07) is 20.9. The minimum atomic E-state index is -0.744. The number of carbonyl (C=O) groups is 1. The van der Waals surface area contributed by atoms with Crippen molar-refractivity contribution in [1.82, 2.24) is 4.57 Å². The molecule has 1 aliphatic rings. The maximum atomic E-state index is 13.9. The molecule has 2 heterocycles. The fraction of sp³-hybridized carbons (Fsp3) is 0.219. The molecule has 1 aromatic heterocycles. The van der Waals surface area contributed by atoms with Gasteiger partial charge in [-0.1, -0.05) is 59.9 Å². The van der Waals surface area contributed by atoms with Crippen molar-refractivity contribution in [3.05, 3.63) is 120 Å². The standard InChI is InChI=1S/C32H30N2O6S/c1-4-38-24-14-12-23(13-15-24)29-28(31(37)40-19-21-9-7-6-8-10-21)20(3)33-32-34(29)30(36)27(41-32)18-22-11-16-25(35)26(17-22)39-5-2/h6-18,29,35H,4-5,19H2,1-3H3. The molecule has 0 radical (unpaired) electrons. The summed E-state index contributed by atoms with van der Waals surface area (Å²) in [6.07, 6.45) is 1.73. The zero-order chi connectivity index (χ0) is 28.9. The summed E-state index contributed by atoms with van der Waals surface area (Å²) >= 11 is 1.23. The molecule has 0 fully saturated rings. The van der Waals surface area contributed by atoms with Crippen LogP contribution in [0.15, 0.2) is 93.9 Å². The van der Waals surface area contributed by atoms with Crippen molar-refractivity contribution < 1.29 is 24.1 Å². The Balaban J connectivity index is 1.60. The molecule has 210 valence electrons. The van der Waals surface area contributed by atoms with Crippen molar-refractivity contribution in [2.24, 2.45) is 4.99 Å². The van der Waals surface area contributed by atoms with Crippen molar-refractivity contribution >= 4 is 23.4 Å². The van der Waals surface area contributed by atoms with Gasteiger partial charge in [-0.3, -0.25) is 9.36 Å². The van der Waals surface area contributed by atoms with Crippen LogP contribution in [0, 0.1) is 0 Å². The molecule has 0 saturated heterocycles. The van der Waals surface area contributed by atoms with E-state index >= 15 is 0 Å². The number of hydrogen-bond acceptors (Lipinski definition) is 8. The fourth-order valence-corrected chi connectivity index (χ4v) is 5.70. The predicted molar refractivity (Wildman–Crippen MR) is 157 cm³/mol. The van der Waals surface area contributed by atoms with Crippen LogP contribution >= 0.6 is 11.3 Å². The van der Waals surface area contributed by atoms with Gasteiger partial charge in [-0.25, -0.2) is 9.79 Å². The molecule has 41 heavy (non-hydrogen) atoms. The van der Waals surface area contributed by atoms with Crippen LogP contribution in [0.2, 0.25) is 0 Å². The van der Waals surface area contributed by atoms with Crippen molar-refractivity contribution in [3.8, 4) is 17.2 Å². The molecule has 1 atom stereocenters. The smallest absolute Gasteiger partial charge is 0.338 e. The maximum Gasteiger partial charge on any atom is 0.338 e. The number of thiazole rings is 1. The van der Waals surface area contributed by atoms with Crippen LogP contribution in [0.1, 0.15) is 43.5 Å². The van der Waals surface area contributed by atoms with E-state index in [9.17, 15) is 14.7 Å². The Morgan fingerprint density at radius 2 is 1.76 bits per heavy atom. The van der Waals surface area contributed by atoms with Crippen LogP contribution in [-0.2, 0) is 16.1 Å². The Bertz CT molecular complexity index is 1770. The zero-order valence-electron chi connectivity index (χ0n) is 23.0. The second-order valence-electron chi connectivity index (χ2n) is 9.31. The molecule has 0 spiro atoms. The van der Waals surface area contributed by atoms with Crippen molar-refractivity contribution in [3.63, 3.8) is 0 Å². The van der Waals surface area contributed by atoms with E-state index in [1.807, 2.05) is 68.4 Å².